The first-order chi connectivity index (χ1) is 9.61. The minimum absolute atomic E-state index is 0.0402. The van der Waals surface area contributed by atoms with Crippen LogP contribution in [-0.2, 0) is 4.74 Å². The molecule has 0 heterocycles. The van der Waals surface area contributed by atoms with Crippen molar-refractivity contribution in [3.8, 4) is 11.5 Å². The van der Waals surface area contributed by atoms with E-state index in [0.29, 0.717) is 18.9 Å². The Hall–Kier alpha value is -1.75. The van der Waals surface area contributed by atoms with Crippen molar-refractivity contribution < 1.29 is 19.4 Å². The van der Waals surface area contributed by atoms with Gasteiger partial charge in [0.15, 0.2) is 0 Å². The second kappa shape index (κ2) is 6.61. The molecule has 0 atom stereocenters. The van der Waals surface area contributed by atoms with Crippen molar-refractivity contribution in [3.63, 3.8) is 0 Å². The highest BCUT2D eigenvalue weighted by Crippen LogP contribution is 2.28. The maximum Gasteiger partial charge on any atom is 0.257 e. The number of carbonyl (C=O) groups excluding carboxylic acids is 1. The summed E-state index contributed by atoms with van der Waals surface area (Å²) in [4.78, 5) is 13.8. The molecule has 0 aliphatic heterocycles. The third kappa shape index (κ3) is 3.87. The van der Waals surface area contributed by atoms with Crippen LogP contribution in [0.25, 0.3) is 0 Å². The van der Waals surface area contributed by atoms with Crippen LogP contribution in [-0.4, -0.2) is 49.8 Å². The summed E-state index contributed by atoms with van der Waals surface area (Å²) in [6.45, 7) is 1.80. The molecule has 0 saturated heterocycles. The van der Waals surface area contributed by atoms with E-state index in [9.17, 15) is 9.90 Å². The first-order valence-corrected chi connectivity index (χ1v) is 6.82. The zero-order valence-electron chi connectivity index (χ0n) is 12.0. The number of hydrogen-bond acceptors (Lipinski definition) is 4. The first kappa shape index (κ1) is 14.7. The fourth-order valence-corrected chi connectivity index (χ4v) is 1.86. The molecule has 5 nitrogen and oxygen atoms in total. The number of phenols is 1. The standard InChI is InChI=1S/C15H21NO4/c1-16(7-8-20-10-11-3-4-11)15(18)13-9-12(19-2)5-6-14(13)17/h5-6,9,11,17H,3-4,7-8,10H2,1-2H3. The van der Waals surface area contributed by atoms with Gasteiger partial charge in [-0.1, -0.05) is 0 Å². The van der Waals surface area contributed by atoms with Crippen LogP contribution < -0.4 is 4.74 Å². The zero-order valence-corrected chi connectivity index (χ0v) is 12.0. The Morgan fingerprint density at radius 1 is 1.45 bits per heavy atom. The Morgan fingerprint density at radius 2 is 2.20 bits per heavy atom. The van der Waals surface area contributed by atoms with Crippen LogP contribution in [0.2, 0.25) is 0 Å². The molecule has 1 N–H and O–H groups in total. The average Bonchev–Trinajstić information content (AvgIpc) is 3.27. The van der Waals surface area contributed by atoms with Crippen LogP contribution in [0.1, 0.15) is 23.2 Å². The van der Waals surface area contributed by atoms with Crippen molar-refractivity contribution in [1.29, 1.82) is 0 Å². The van der Waals surface area contributed by atoms with Gasteiger partial charge in [-0.2, -0.15) is 0 Å². The van der Waals surface area contributed by atoms with Crippen molar-refractivity contribution >= 4 is 5.91 Å². The van der Waals surface area contributed by atoms with Crippen LogP contribution in [0.4, 0.5) is 0 Å². The fourth-order valence-electron chi connectivity index (χ4n) is 1.86. The van der Waals surface area contributed by atoms with E-state index >= 15 is 0 Å². The van der Waals surface area contributed by atoms with Gasteiger partial charge < -0.3 is 19.5 Å². The molecule has 20 heavy (non-hydrogen) atoms. The molecule has 0 aromatic heterocycles. The highest BCUT2D eigenvalue weighted by molar-refractivity contribution is 5.97. The van der Waals surface area contributed by atoms with Crippen LogP contribution in [0, 0.1) is 5.92 Å². The van der Waals surface area contributed by atoms with Crippen molar-refractivity contribution in [2.45, 2.75) is 12.8 Å². The largest absolute Gasteiger partial charge is 0.507 e. The van der Waals surface area contributed by atoms with E-state index in [1.54, 1.807) is 24.1 Å². The molecule has 1 aliphatic carbocycles. The molecule has 1 aromatic rings. The number of hydrogen-bond donors (Lipinski definition) is 1. The van der Waals surface area contributed by atoms with Gasteiger partial charge in [0.2, 0.25) is 0 Å². The molecule has 2 rings (SSSR count). The maximum absolute atomic E-state index is 12.2. The van der Waals surface area contributed by atoms with Crippen LogP contribution in [0.5, 0.6) is 11.5 Å². The third-order valence-electron chi connectivity index (χ3n) is 3.40. The lowest BCUT2D eigenvalue weighted by atomic mass is 10.1. The number of ether oxygens (including phenoxy) is 2. The summed E-state index contributed by atoms with van der Waals surface area (Å²) in [5.74, 6) is 0.987. The summed E-state index contributed by atoms with van der Waals surface area (Å²) in [7, 11) is 3.22. The second-order valence-electron chi connectivity index (χ2n) is 5.13. The van der Waals surface area contributed by atoms with E-state index in [2.05, 4.69) is 0 Å². The number of rotatable bonds is 7. The van der Waals surface area contributed by atoms with Crippen molar-refractivity contribution in [3.05, 3.63) is 23.8 Å². The summed E-state index contributed by atoms with van der Waals surface area (Å²) in [5.41, 5.74) is 0.244. The van der Waals surface area contributed by atoms with Crippen LogP contribution in [0.3, 0.4) is 0 Å². The number of methoxy groups -OCH3 is 1. The van der Waals surface area contributed by atoms with E-state index in [1.807, 2.05) is 0 Å². The number of aromatic hydroxyl groups is 1. The number of nitrogens with zero attached hydrogens (tertiary/aromatic N) is 1. The SMILES string of the molecule is COc1ccc(O)c(C(=O)N(C)CCOCC2CC2)c1. The van der Waals surface area contributed by atoms with Gasteiger partial charge in [-0.3, -0.25) is 4.79 Å². The normalized spacial score (nSPS) is 14.1. The molecule has 1 aliphatic rings. The number of benzene rings is 1. The molecule has 0 unspecified atom stereocenters. The zero-order chi connectivity index (χ0) is 14.5. The molecule has 1 saturated carbocycles. The summed E-state index contributed by atoms with van der Waals surface area (Å²) >= 11 is 0. The topological polar surface area (TPSA) is 59.0 Å². The molecular formula is C15H21NO4. The lowest BCUT2D eigenvalue weighted by Crippen LogP contribution is -2.30. The molecular weight excluding hydrogens is 258 g/mol. The lowest BCUT2D eigenvalue weighted by Gasteiger charge is -2.18. The summed E-state index contributed by atoms with van der Waals surface area (Å²) in [6, 6.07) is 4.62. The summed E-state index contributed by atoms with van der Waals surface area (Å²) < 4.78 is 10.6. The Morgan fingerprint density at radius 3 is 2.85 bits per heavy atom. The molecule has 110 valence electrons. The molecule has 1 aromatic carbocycles. The predicted octanol–water partition coefficient (Wildman–Crippen LogP) is 1.90. The minimum Gasteiger partial charge on any atom is -0.507 e. The van der Waals surface area contributed by atoms with Crippen molar-refractivity contribution in [1.82, 2.24) is 4.90 Å². The van der Waals surface area contributed by atoms with Gasteiger partial charge in [0.1, 0.15) is 11.5 Å². The monoisotopic (exact) mass is 279 g/mol. The fraction of sp³-hybridized carbons (Fsp3) is 0.533. The maximum atomic E-state index is 12.2. The van der Waals surface area contributed by atoms with E-state index in [4.69, 9.17) is 9.47 Å². The molecule has 0 radical (unpaired) electrons. The Kier molecular flexibility index (Phi) is 4.84. The van der Waals surface area contributed by atoms with E-state index in [0.717, 1.165) is 12.5 Å². The predicted molar refractivity (Wildman–Crippen MR) is 75.2 cm³/mol. The summed E-state index contributed by atoms with van der Waals surface area (Å²) in [5, 5.41) is 9.77. The molecule has 0 spiro atoms. The smallest absolute Gasteiger partial charge is 0.257 e. The molecule has 0 bridgehead atoms. The Labute approximate surface area is 119 Å². The first-order valence-electron chi connectivity index (χ1n) is 6.82. The van der Waals surface area contributed by atoms with E-state index in [-0.39, 0.29) is 17.2 Å². The average molecular weight is 279 g/mol. The van der Waals surface area contributed by atoms with Gasteiger partial charge in [0.05, 0.1) is 19.3 Å². The molecule has 5 heteroatoms. The van der Waals surface area contributed by atoms with Crippen molar-refractivity contribution in [2.24, 2.45) is 5.92 Å². The van der Waals surface area contributed by atoms with E-state index < -0.39 is 0 Å². The van der Waals surface area contributed by atoms with Gasteiger partial charge in [-0.15, -0.1) is 0 Å². The second-order valence-corrected chi connectivity index (χ2v) is 5.13. The highest BCUT2D eigenvalue weighted by atomic mass is 16.5. The molecule has 1 fully saturated rings. The Bertz CT molecular complexity index is 471. The molecule has 1 amide bonds. The Balaban J connectivity index is 1.87. The quantitative estimate of drug-likeness (QED) is 0.774. The van der Waals surface area contributed by atoms with Crippen LogP contribution in [0.15, 0.2) is 18.2 Å². The minimum atomic E-state index is -0.239. The highest BCUT2D eigenvalue weighted by Gasteiger charge is 2.21. The van der Waals surface area contributed by atoms with E-state index in [1.165, 1.54) is 26.0 Å². The van der Waals surface area contributed by atoms with Gasteiger partial charge in [0, 0.05) is 20.2 Å². The van der Waals surface area contributed by atoms with Gasteiger partial charge in [-0.05, 0) is 37.0 Å². The number of amides is 1. The summed E-state index contributed by atoms with van der Waals surface area (Å²) in [6.07, 6.45) is 2.51. The van der Waals surface area contributed by atoms with Crippen molar-refractivity contribution in [2.75, 3.05) is 33.9 Å². The number of phenolic OH excluding ortho intramolecular Hbond substituents is 1. The van der Waals surface area contributed by atoms with Gasteiger partial charge >= 0.3 is 0 Å². The van der Waals surface area contributed by atoms with Crippen LogP contribution >= 0.6 is 0 Å². The number of carbonyl (C=O) groups is 1. The third-order valence-corrected chi connectivity index (χ3v) is 3.40. The number of likely N-dealkylation sites (N-methyl/N-ethyl adjacent to an activating group) is 1. The van der Waals surface area contributed by atoms with Gasteiger partial charge in [-0.25, -0.2) is 0 Å². The van der Waals surface area contributed by atoms with Gasteiger partial charge in [0.25, 0.3) is 5.91 Å². The lowest BCUT2D eigenvalue weighted by molar-refractivity contribution is 0.0678.